The van der Waals surface area contributed by atoms with Crippen LogP contribution in [0.5, 0.6) is 0 Å². The van der Waals surface area contributed by atoms with Crippen LogP contribution in [0.25, 0.3) is 0 Å². The largest absolute Gasteiger partial charge is 0.309 e. The summed E-state index contributed by atoms with van der Waals surface area (Å²) in [5.41, 5.74) is 0. The van der Waals surface area contributed by atoms with Crippen molar-refractivity contribution in [2.45, 2.75) is 56.5 Å². The molecule has 2 aliphatic rings. The van der Waals surface area contributed by atoms with Gasteiger partial charge in [0.05, 0.1) is 4.90 Å². The van der Waals surface area contributed by atoms with E-state index in [1.165, 1.54) is 12.8 Å². The van der Waals surface area contributed by atoms with E-state index in [9.17, 15) is 8.42 Å². The van der Waals surface area contributed by atoms with Gasteiger partial charge in [0.2, 0.25) is 10.0 Å². The Labute approximate surface area is 131 Å². The Hall–Kier alpha value is -0.430. The standard InChI is InChI=1S/C15H24N2O2S2/c1-12-3-2-7-17(8-6-12)21(18,19)15-9-14(20-11-15)10-16-13-4-5-13/h9,11-13,16H,2-8,10H2,1H3. The normalized spacial score (nSPS) is 24.9. The fourth-order valence-electron chi connectivity index (χ4n) is 2.75. The fraction of sp³-hybridized carbons (Fsp3) is 0.733. The van der Waals surface area contributed by atoms with Crippen molar-refractivity contribution in [3.63, 3.8) is 0 Å². The molecule has 0 spiro atoms. The van der Waals surface area contributed by atoms with E-state index in [4.69, 9.17) is 0 Å². The summed E-state index contributed by atoms with van der Waals surface area (Å²) in [6.07, 6.45) is 5.58. The molecule has 1 atom stereocenters. The molecule has 1 aromatic heterocycles. The number of nitrogens with zero attached hydrogens (tertiary/aromatic N) is 1. The molecule has 1 aliphatic carbocycles. The van der Waals surface area contributed by atoms with E-state index in [2.05, 4.69) is 12.2 Å². The highest BCUT2D eigenvalue weighted by Gasteiger charge is 2.27. The number of hydrogen-bond acceptors (Lipinski definition) is 4. The van der Waals surface area contributed by atoms with Gasteiger partial charge in [-0.05, 0) is 44.1 Å². The average Bonchev–Trinajstić information content (AvgIpc) is 3.20. The molecule has 0 radical (unpaired) electrons. The van der Waals surface area contributed by atoms with Gasteiger partial charge in [-0.3, -0.25) is 0 Å². The van der Waals surface area contributed by atoms with Gasteiger partial charge < -0.3 is 5.32 Å². The van der Waals surface area contributed by atoms with Crippen LogP contribution < -0.4 is 5.32 Å². The summed E-state index contributed by atoms with van der Waals surface area (Å²) >= 11 is 1.55. The van der Waals surface area contributed by atoms with Gasteiger partial charge in [-0.15, -0.1) is 11.3 Å². The minimum atomic E-state index is -3.29. The maximum atomic E-state index is 12.7. The number of hydrogen-bond donors (Lipinski definition) is 1. The predicted molar refractivity (Wildman–Crippen MR) is 86.0 cm³/mol. The molecule has 4 nitrogen and oxygen atoms in total. The van der Waals surface area contributed by atoms with Crippen LogP contribution >= 0.6 is 11.3 Å². The van der Waals surface area contributed by atoms with Gasteiger partial charge in [0.1, 0.15) is 0 Å². The number of rotatable bonds is 5. The molecule has 1 saturated heterocycles. The van der Waals surface area contributed by atoms with E-state index in [-0.39, 0.29) is 0 Å². The number of sulfonamides is 1. The van der Waals surface area contributed by atoms with Crippen molar-refractivity contribution in [3.8, 4) is 0 Å². The van der Waals surface area contributed by atoms with Crippen LogP contribution in [0.2, 0.25) is 0 Å². The third-order valence-corrected chi connectivity index (χ3v) is 7.35. The van der Waals surface area contributed by atoms with E-state index in [0.717, 1.165) is 30.7 Å². The lowest BCUT2D eigenvalue weighted by Crippen LogP contribution is -2.31. The smallest absolute Gasteiger partial charge is 0.243 e. The molecule has 1 aliphatic heterocycles. The lowest BCUT2D eigenvalue weighted by Gasteiger charge is -2.19. The van der Waals surface area contributed by atoms with Crippen molar-refractivity contribution in [2.75, 3.05) is 13.1 Å². The zero-order valence-corrected chi connectivity index (χ0v) is 14.2. The second kappa shape index (κ2) is 6.36. The highest BCUT2D eigenvalue weighted by atomic mass is 32.2. The first-order chi connectivity index (χ1) is 10.1. The number of thiophene rings is 1. The molecule has 6 heteroatoms. The molecule has 1 aromatic rings. The van der Waals surface area contributed by atoms with Gasteiger partial charge in [0.15, 0.2) is 0 Å². The summed E-state index contributed by atoms with van der Waals surface area (Å²) in [5, 5.41) is 5.23. The maximum absolute atomic E-state index is 12.7. The summed E-state index contributed by atoms with van der Waals surface area (Å²) in [4.78, 5) is 1.60. The molecule has 118 valence electrons. The van der Waals surface area contributed by atoms with E-state index >= 15 is 0 Å². The van der Waals surface area contributed by atoms with E-state index < -0.39 is 10.0 Å². The van der Waals surface area contributed by atoms with Crippen LogP contribution in [-0.4, -0.2) is 31.9 Å². The molecule has 2 fully saturated rings. The van der Waals surface area contributed by atoms with Gasteiger partial charge in [-0.2, -0.15) is 4.31 Å². The van der Waals surface area contributed by atoms with E-state index in [1.54, 1.807) is 21.0 Å². The molecule has 1 N–H and O–H groups in total. The second-order valence-electron chi connectivity index (χ2n) is 6.34. The zero-order chi connectivity index (χ0) is 14.9. The van der Waals surface area contributed by atoms with E-state index in [0.29, 0.717) is 29.9 Å². The summed E-state index contributed by atoms with van der Waals surface area (Å²) in [6, 6.07) is 2.50. The third-order valence-electron chi connectivity index (χ3n) is 4.39. The second-order valence-corrected chi connectivity index (χ2v) is 9.28. The van der Waals surface area contributed by atoms with Crippen molar-refractivity contribution in [1.82, 2.24) is 9.62 Å². The van der Waals surface area contributed by atoms with Crippen LogP contribution in [0.3, 0.4) is 0 Å². The highest BCUT2D eigenvalue weighted by Crippen LogP contribution is 2.27. The lowest BCUT2D eigenvalue weighted by atomic mass is 10.0. The van der Waals surface area contributed by atoms with Gasteiger partial charge in [-0.25, -0.2) is 8.42 Å². The van der Waals surface area contributed by atoms with Crippen molar-refractivity contribution in [1.29, 1.82) is 0 Å². The lowest BCUT2D eigenvalue weighted by molar-refractivity contribution is 0.417. The van der Waals surface area contributed by atoms with Gasteiger partial charge in [0.25, 0.3) is 0 Å². The minimum absolute atomic E-state index is 0.481. The van der Waals surface area contributed by atoms with Crippen LogP contribution in [0, 0.1) is 5.92 Å². The van der Waals surface area contributed by atoms with Gasteiger partial charge in [-0.1, -0.05) is 6.92 Å². The van der Waals surface area contributed by atoms with Crippen molar-refractivity contribution < 1.29 is 8.42 Å². The summed E-state index contributed by atoms with van der Waals surface area (Å²) in [6.45, 7) is 4.33. The predicted octanol–water partition coefficient (Wildman–Crippen LogP) is 2.81. The molecule has 2 heterocycles. The van der Waals surface area contributed by atoms with Crippen molar-refractivity contribution >= 4 is 21.4 Å². The molecule has 0 amide bonds. The zero-order valence-electron chi connectivity index (χ0n) is 12.5. The molecular formula is C15H24N2O2S2. The van der Waals surface area contributed by atoms with Crippen LogP contribution in [0.15, 0.2) is 16.3 Å². The number of nitrogens with one attached hydrogen (secondary N) is 1. The Morgan fingerprint density at radius 3 is 2.86 bits per heavy atom. The first-order valence-corrected chi connectivity index (χ1v) is 10.2. The average molecular weight is 329 g/mol. The minimum Gasteiger partial charge on any atom is -0.309 e. The highest BCUT2D eigenvalue weighted by molar-refractivity contribution is 7.89. The molecule has 21 heavy (non-hydrogen) atoms. The summed E-state index contributed by atoms with van der Waals surface area (Å²) < 4.78 is 27.1. The summed E-state index contributed by atoms with van der Waals surface area (Å²) in [7, 11) is -3.29. The Morgan fingerprint density at radius 1 is 1.29 bits per heavy atom. The maximum Gasteiger partial charge on any atom is 0.243 e. The van der Waals surface area contributed by atoms with Crippen molar-refractivity contribution in [2.24, 2.45) is 5.92 Å². The van der Waals surface area contributed by atoms with Crippen LogP contribution in [0.1, 0.15) is 43.9 Å². The van der Waals surface area contributed by atoms with E-state index in [1.807, 2.05) is 6.07 Å². The Bertz CT molecular complexity index is 578. The summed E-state index contributed by atoms with van der Waals surface area (Å²) in [5.74, 6) is 0.631. The fourth-order valence-corrected chi connectivity index (χ4v) is 5.45. The topological polar surface area (TPSA) is 49.4 Å². The van der Waals surface area contributed by atoms with Crippen molar-refractivity contribution in [3.05, 3.63) is 16.3 Å². The molecule has 0 aromatic carbocycles. The SMILES string of the molecule is CC1CCCN(S(=O)(=O)c2csc(CNC3CC3)c2)CC1. The Morgan fingerprint density at radius 2 is 2.10 bits per heavy atom. The van der Waals surface area contributed by atoms with Crippen LogP contribution in [0.4, 0.5) is 0 Å². The monoisotopic (exact) mass is 328 g/mol. The van der Waals surface area contributed by atoms with Gasteiger partial charge in [0, 0.05) is 35.9 Å². The van der Waals surface area contributed by atoms with Crippen LogP contribution in [-0.2, 0) is 16.6 Å². The quantitative estimate of drug-likeness (QED) is 0.904. The third kappa shape index (κ3) is 3.86. The first kappa shape index (κ1) is 15.5. The molecule has 0 bridgehead atoms. The first-order valence-electron chi connectivity index (χ1n) is 7.86. The molecule has 1 saturated carbocycles. The van der Waals surface area contributed by atoms with Gasteiger partial charge >= 0.3 is 0 Å². The Balaban J connectivity index is 1.68. The Kier molecular flexibility index (Phi) is 4.69. The molecular weight excluding hydrogens is 304 g/mol. The molecule has 1 unspecified atom stereocenters. The molecule has 3 rings (SSSR count).